The van der Waals surface area contributed by atoms with E-state index in [0.29, 0.717) is 35.8 Å². The first-order chi connectivity index (χ1) is 11.2. The molecule has 1 aliphatic rings. The molecule has 3 heterocycles. The van der Waals surface area contributed by atoms with E-state index in [1.54, 1.807) is 29.5 Å². The Labute approximate surface area is 137 Å². The molecular formula is C16H16N4O2S. The summed E-state index contributed by atoms with van der Waals surface area (Å²) in [6, 6.07) is 8.93. The molecule has 6 nitrogen and oxygen atoms in total. The van der Waals surface area contributed by atoms with Crippen molar-refractivity contribution in [3.63, 3.8) is 0 Å². The molecular weight excluding hydrogens is 312 g/mol. The van der Waals surface area contributed by atoms with Crippen molar-refractivity contribution < 1.29 is 9.84 Å². The maximum atomic E-state index is 10.0. The molecule has 0 saturated carbocycles. The fraction of sp³-hybridized carbons (Fsp3) is 0.250. The summed E-state index contributed by atoms with van der Waals surface area (Å²) < 4.78 is 6.32. The highest BCUT2D eigenvalue weighted by atomic mass is 32.1. The first kappa shape index (κ1) is 14.2. The number of fused-ring (bicyclic) bond motifs is 1. The van der Waals surface area contributed by atoms with Gasteiger partial charge in [0, 0.05) is 18.7 Å². The number of morpholine rings is 1. The minimum Gasteiger partial charge on any atom is -0.507 e. The Morgan fingerprint density at radius 1 is 1.17 bits per heavy atom. The van der Waals surface area contributed by atoms with Crippen LogP contribution in [0.2, 0.25) is 0 Å². The van der Waals surface area contributed by atoms with Gasteiger partial charge in [-0.3, -0.25) is 0 Å². The molecule has 7 heteroatoms. The van der Waals surface area contributed by atoms with Crippen LogP contribution in [-0.2, 0) is 4.74 Å². The minimum absolute atomic E-state index is 0.162. The van der Waals surface area contributed by atoms with Gasteiger partial charge in [0.15, 0.2) is 10.8 Å². The third-order valence-corrected chi connectivity index (χ3v) is 4.89. The van der Waals surface area contributed by atoms with Crippen LogP contribution in [0.5, 0.6) is 5.75 Å². The van der Waals surface area contributed by atoms with Crippen molar-refractivity contribution in [3.8, 4) is 17.0 Å². The Morgan fingerprint density at radius 3 is 2.74 bits per heavy atom. The zero-order valence-corrected chi connectivity index (χ0v) is 13.2. The van der Waals surface area contributed by atoms with E-state index in [0.717, 1.165) is 22.9 Å². The van der Waals surface area contributed by atoms with Crippen LogP contribution in [0.4, 0.5) is 10.8 Å². The zero-order valence-electron chi connectivity index (χ0n) is 12.4. The van der Waals surface area contributed by atoms with Gasteiger partial charge in [-0.05, 0) is 18.2 Å². The predicted octanol–water partition coefficient (Wildman–Crippen LogP) is 2.48. The SMILES string of the molecule is Nc1cc2sc(N3CCOCC3)nc2nc1-c1ccccc1O. The van der Waals surface area contributed by atoms with Crippen LogP contribution >= 0.6 is 11.3 Å². The Kier molecular flexibility index (Phi) is 3.51. The minimum atomic E-state index is 0.162. The number of para-hydroxylation sites is 1. The second-order valence-electron chi connectivity index (χ2n) is 5.36. The third kappa shape index (κ3) is 2.58. The number of aromatic nitrogens is 2. The molecule has 1 aromatic carbocycles. The summed E-state index contributed by atoms with van der Waals surface area (Å²) in [5.41, 5.74) is 8.52. The van der Waals surface area contributed by atoms with Gasteiger partial charge in [-0.2, -0.15) is 4.98 Å². The third-order valence-electron chi connectivity index (χ3n) is 3.84. The van der Waals surface area contributed by atoms with Crippen molar-refractivity contribution in [1.29, 1.82) is 0 Å². The summed E-state index contributed by atoms with van der Waals surface area (Å²) in [5, 5.41) is 11.0. The monoisotopic (exact) mass is 328 g/mol. The molecule has 0 bridgehead atoms. The molecule has 0 radical (unpaired) electrons. The smallest absolute Gasteiger partial charge is 0.188 e. The highest BCUT2D eigenvalue weighted by molar-refractivity contribution is 7.22. The van der Waals surface area contributed by atoms with Gasteiger partial charge in [-0.1, -0.05) is 23.5 Å². The molecule has 3 N–H and O–H groups in total. The van der Waals surface area contributed by atoms with Gasteiger partial charge in [-0.15, -0.1) is 0 Å². The Hall–Kier alpha value is -2.38. The Morgan fingerprint density at radius 2 is 1.96 bits per heavy atom. The molecule has 1 saturated heterocycles. The highest BCUT2D eigenvalue weighted by Crippen LogP contribution is 2.36. The number of thiazole rings is 1. The van der Waals surface area contributed by atoms with Crippen molar-refractivity contribution in [2.45, 2.75) is 0 Å². The number of nitrogen functional groups attached to an aromatic ring is 1. The molecule has 1 aliphatic heterocycles. The number of anilines is 2. The fourth-order valence-corrected chi connectivity index (χ4v) is 3.66. The Bertz CT molecular complexity index is 858. The van der Waals surface area contributed by atoms with Crippen LogP contribution in [0, 0.1) is 0 Å². The maximum Gasteiger partial charge on any atom is 0.188 e. The van der Waals surface area contributed by atoms with Gasteiger partial charge >= 0.3 is 0 Å². The number of hydrogen-bond acceptors (Lipinski definition) is 7. The summed E-state index contributed by atoms with van der Waals surface area (Å²) in [4.78, 5) is 11.4. The van der Waals surface area contributed by atoms with E-state index in [1.807, 2.05) is 12.1 Å². The Balaban J connectivity index is 1.79. The van der Waals surface area contributed by atoms with Gasteiger partial charge in [0.05, 0.1) is 29.3 Å². The van der Waals surface area contributed by atoms with Crippen LogP contribution in [0.1, 0.15) is 0 Å². The van der Waals surface area contributed by atoms with Crippen LogP contribution < -0.4 is 10.6 Å². The quantitative estimate of drug-likeness (QED) is 0.752. The topological polar surface area (TPSA) is 84.5 Å². The van der Waals surface area contributed by atoms with E-state index < -0.39 is 0 Å². The first-order valence-corrected chi connectivity index (χ1v) is 8.22. The average Bonchev–Trinajstić information content (AvgIpc) is 2.98. The number of rotatable bonds is 2. The zero-order chi connectivity index (χ0) is 15.8. The van der Waals surface area contributed by atoms with Crippen molar-refractivity contribution in [1.82, 2.24) is 9.97 Å². The molecule has 1 fully saturated rings. The molecule has 23 heavy (non-hydrogen) atoms. The largest absolute Gasteiger partial charge is 0.507 e. The molecule has 0 unspecified atom stereocenters. The molecule has 0 spiro atoms. The van der Waals surface area contributed by atoms with E-state index in [4.69, 9.17) is 10.5 Å². The number of phenolic OH excluding ortho intramolecular Hbond substituents is 1. The van der Waals surface area contributed by atoms with Crippen molar-refractivity contribution in [2.24, 2.45) is 0 Å². The number of nitrogens with two attached hydrogens (primary N) is 1. The molecule has 0 atom stereocenters. The second kappa shape index (κ2) is 5.68. The molecule has 118 valence electrons. The lowest BCUT2D eigenvalue weighted by molar-refractivity contribution is 0.122. The molecule has 2 aromatic heterocycles. The lowest BCUT2D eigenvalue weighted by Gasteiger charge is -2.25. The summed E-state index contributed by atoms with van der Waals surface area (Å²) in [5.74, 6) is 0.162. The van der Waals surface area contributed by atoms with Crippen LogP contribution in [-0.4, -0.2) is 41.4 Å². The summed E-state index contributed by atoms with van der Waals surface area (Å²) in [7, 11) is 0. The van der Waals surface area contributed by atoms with Gasteiger partial charge < -0.3 is 20.5 Å². The fourth-order valence-electron chi connectivity index (χ4n) is 2.65. The van der Waals surface area contributed by atoms with Gasteiger partial charge in [-0.25, -0.2) is 4.98 Å². The van der Waals surface area contributed by atoms with Crippen molar-refractivity contribution in [2.75, 3.05) is 36.9 Å². The lowest BCUT2D eigenvalue weighted by atomic mass is 10.1. The highest BCUT2D eigenvalue weighted by Gasteiger charge is 2.18. The van der Waals surface area contributed by atoms with Crippen molar-refractivity contribution >= 4 is 32.5 Å². The van der Waals surface area contributed by atoms with Gasteiger partial charge in [0.2, 0.25) is 0 Å². The summed E-state index contributed by atoms with van der Waals surface area (Å²) in [6.45, 7) is 3.10. The summed E-state index contributed by atoms with van der Waals surface area (Å²) >= 11 is 1.58. The van der Waals surface area contributed by atoms with Crippen molar-refractivity contribution in [3.05, 3.63) is 30.3 Å². The second-order valence-corrected chi connectivity index (χ2v) is 6.37. The number of phenols is 1. The standard InChI is InChI=1S/C16H16N4O2S/c17-11-9-13-15(18-14(11)10-3-1-2-4-12(10)21)19-16(23-13)20-5-7-22-8-6-20/h1-4,9,21H,5-8,17H2. The van der Waals surface area contributed by atoms with E-state index >= 15 is 0 Å². The van der Waals surface area contributed by atoms with E-state index in [9.17, 15) is 5.11 Å². The molecule has 3 aromatic rings. The lowest BCUT2D eigenvalue weighted by Crippen LogP contribution is -2.36. The van der Waals surface area contributed by atoms with Crippen LogP contribution in [0.25, 0.3) is 21.6 Å². The number of pyridine rings is 1. The molecule has 0 amide bonds. The van der Waals surface area contributed by atoms with E-state index in [1.165, 1.54) is 0 Å². The first-order valence-electron chi connectivity index (χ1n) is 7.40. The molecule has 0 aliphatic carbocycles. The summed E-state index contributed by atoms with van der Waals surface area (Å²) in [6.07, 6.45) is 0. The normalized spacial score (nSPS) is 15.2. The van der Waals surface area contributed by atoms with E-state index in [2.05, 4.69) is 14.9 Å². The number of aromatic hydroxyl groups is 1. The van der Waals surface area contributed by atoms with Crippen LogP contribution in [0.3, 0.4) is 0 Å². The van der Waals surface area contributed by atoms with Crippen LogP contribution in [0.15, 0.2) is 30.3 Å². The number of nitrogens with zero attached hydrogens (tertiary/aromatic N) is 3. The van der Waals surface area contributed by atoms with Gasteiger partial charge in [0.1, 0.15) is 5.75 Å². The van der Waals surface area contributed by atoms with E-state index in [-0.39, 0.29) is 5.75 Å². The average molecular weight is 328 g/mol. The number of hydrogen-bond donors (Lipinski definition) is 2. The van der Waals surface area contributed by atoms with Gasteiger partial charge in [0.25, 0.3) is 0 Å². The predicted molar refractivity (Wildman–Crippen MR) is 92.0 cm³/mol. The molecule has 4 rings (SSSR count). The maximum absolute atomic E-state index is 10.0. The number of ether oxygens (including phenoxy) is 1. The number of benzene rings is 1.